The Bertz CT molecular complexity index is 825. The Kier molecular flexibility index (Phi) is 4.92. The number of carbonyl (C=O) groups is 1. The van der Waals surface area contributed by atoms with Gasteiger partial charge >= 0.3 is 0 Å². The zero-order chi connectivity index (χ0) is 16.3. The first-order valence-electron chi connectivity index (χ1n) is 5.92. The van der Waals surface area contributed by atoms with Crippen molar-refractivity contribution in [1.29, 1.82) is 0 Å². The van der Waals surface area contributed by atoms with Gasteiger partial charge in [-0.05, 0) is 36.4 Å². The highest BCUT2D eigenvalue weighted by molar-refractivity contribution is 7.92. The second-order valence-electron chi connectivity index (χ2n) is 4.23. The summed E-state index contributed by atoms with van der Waals surface area (Å²) in [5.41, 5.74) is 2.23. The van der Waals surface area contributed by atoms with E-state index in [9.17, 15) is 13.2 Å². The van der Waals surface area contributed by atoms with Gasteiger partial charge in [-0.15, -0.1) is 0 Å². The average molecular weight is 360 g/mol. The Morgan fingerprint density at radius 3 is 2.45 bits per heavy atom. The quantitative estimate of drug-likeness (QED) is 0.443. The maximum Gasteiger partial charge on any atom is 0.265 e. The first kappa shape index (κ1) is 16.6. The van der Waals surface area contributed by atoms with Gasteiger partial charge < -0.3 is 0 Å². The predicted molar refractivity (Wildman–Crippen MR) is 85.4 cm³/mol. The highest BCUT2D eigenvalue weighted by Crippen LogP contribution is 2.27. The number of anilines is 1. The van der Waals surface area contributed by atoms with Gasteiger partial charge in [-0.2, -0.15) is 0 Å². The van der Waals surface area contributed by atoms with Crippen LogP contribution < -0.4 is 16.0 Å². The number of carbonyl (C=O) groups excluding carboxylic acids is 1. The fourth-order valence-corrected chi connectivity index (χ4v) is 3.30. The van der Waals surface area contributed by atoms with Crippen LogP contribution in [-0.2, 0) is 10.0 Å². The van der Waals surface area contributed by atoms with Crippen LogP contribution in [0.4, 0.5) is 5.69 Å². The minimum atomic E-state index is -3.91. The third-order valence-corrected chi connectivity index (χ3v) is 4.62. The molecule has 2 aromatic carbocycles. The fraction of sp³-hybridized carbons (Fsp3) is 0. The third kappa shape index (κ3) is 3.69. The molecule has 116 valence electrons. The van der Waals surface area contributed by atoms with Crippen LogP contribution in [0, 0.1) is 0 Å². The summed E-state index contributed by atoms with van der Waals surface area (Å²) < 4.78 is 27.0. The molecular formula is C13H11Cl2N3O3S. The Balaban J connectivity index is 2.36. The van der Waals surface area contributed by atoms with E-state index in [1.54, 1.807) is 0 Å². The van der Waals surface area contributed by atoms with Crippen LogP contribution in [0.2, 0.25) is 10.0 Å². The number of sulfonamides is 1. The number of hydrazine groups is 1. The van der Waals surface area contributed by atoms with E-state index in [4.69, 9.17) is 29.0 Å². The molecule has 4 N–H and O–H groups in total. The van der Waals surface area contributed by atoms with Gasteiger partial charge in [-0.3, -0.25) is 14.9 Å². The lowest BCUT2D eigenvalue weighted by Gasteiger charge is -2.10. The largest absolute Gasteiger partial charge is 0.290 e. The van der Waals surface area contributed by atoms with E-state index in [1.165, 1.54) is 42.5 Å². The van der Waals surface area contributed by atoms with Crippen LogP contribution in [0.15, 0.2) is 47.4 Å². The summed E-state index contributed by atoms with van der Waals surface area (Å²) in [6, 6.07) is 9.79. The van der Waals surface area contributed by atoms with E-state index in [1.807, 2.05) is 5.43 Å². The average Bonchev–Trinajstić information content (AvgIpc) is 2.49. The number of halogens is 2. The SMILES string of the molecule is NNC(=O)c1cccc(S(=O)(=O)Nc2ccc(Cl)cc2Cl)c1. The second kappa shape index (κ2) is 6.53. The third-order valence-electron chi connectivity index (χ3n) is 2.71. The molecule has 0 heterocycles. The molecular weight excluding hydrogens is 349 g/mol. The van der Waals surface area contributed by atoms with Gasteiger partial charge in [0.1, 0.15) is 0 Å². The maximum atomic E-state index is 12.3. The predicted octanol–water partition coefficient (Wildman–Crippen LogP) is 2.40. The van der Waals surface area contributed by atoms with Crippen molar-refractivity contribution in [3.8, 4) is 0 Å². The summed E-state index contributed by atoms with van der Waals surface area (Å²) in [4.78, 5) is 11.4. The molecule has 0 aliphatic carbocycles. The zero-order valence-electron chi connectivity index (χ0n) is 11.0. The highest BCUT2D eigenvalue weighted by Gasteiger charge is 2.17. The molecule has 2 rings (SSSR count). The molecule has 0 bridgehead atoms. The second-order valence-corrected chi connectivity index (χ2v) is 6.76. The number of benzene rings is 2. The van der Waals surface area contributed by atoms with E-state index >= 15 is 0 Å². The molecule has 0 aromatic heterocycles. The van der Waals surface area contributed by atoms with E-state index in [0.29, 0.717) is 5.02 Å². The molecule has 0 aliphatic heterocycles. The number of nitrogens with one attached hydrogen (secondary N) is 2. The lowest BCUT2D eigenvalue weighted by Crippen LogP contribution is -2.30. The molecule has 0 saturated heterocycles. The van der Waals surface area contributed by atoms with Crippen LogP contribution in [0.1, 0.15) is 10.4 Å². The van der Waals surface area contributed by atoms with Gasteiger partial charge in [-0.25, -0.2) is 14.3 Å². The molecule has 0 radical (unpaired) electrons. The molecule has 0 aliphatic rings. The van der Waals surface area contributed by atoms with Crippen LogP contribution in [-0.4, -0.2) is 14.3 Å². The lowest BCUT2D eigenvalue weighted by molar-refractivity contribution is 0.0953. The van der Waals surface area contributed by atoms with Gasteiger partial charge in [-0.1, -0.05) is 29.3 Å². The molecule has 6 nitrogen and oxygen atoms in total. The van der Waals surface area contributed by atoms with Crippen molar-refractivity contribution in [2.75, 3.05) is 4.72 Å². The minimum absolute atomic E-state index is 0.0976. The first-order chi connectivity index (χ1) is 10.3. The zero-order valence-corrected chi connectivity index (χ0v) is 13.3. The molecule has 0 fully saturated rings. The van der Waals surface area contributed by atoms with Gasteiger partial charge in [0.2, 0.25) is 0 Å². The Hall–Kier alpha value is -1.80. The van der Waals surface area contributed by atoms with Gasteiger partial charge in [0, 0.05) is 10.6 Å². The molecule has 1 amide bonds. The number of hydrogen-bond donors (Lipinski definition) is 3. The smallest absolute Gasteiger partial charge is 0.265 e. The molecule has 0 saturated carbocycles. The van der Waals surface area contributed by atoms with Crippen molar-refractivity contribution in [2.45, 2.75) is 4.90 Å². The van der Waals surface area contributed by atoms with Gasteiger partial charge in [0.15, 0.2) is 0 Å². The molecule has 0 spiro atoms. The van der Waals surface area contributed by atoms with Crippen molar-refractivity contribution < 1.29 is 13.2 Å². The van der Waals surface area contributed by atoms with E-state index in [2.05, 4.69) is 4.72 Å². The normalized spacial score (nSPS) is 11.0. The summed E-state index contributed by atoms with van der Waals surface area (Å²) in [5.74, 6) is 4.43. The van der Waals surface area contributed by atoms with E-state index in [-0.39, 0.29) is 21.2 Å². The number of nitrogens with two attached hydrogens (primary N) is 1. The van der Waals surface area contributed by atoms with E-state index < -0.39 is 15.9 Å². The maximum absolute atomic E-state index is 12.3. The molecule has 2 aromatic rings. The molecule has 0 atom stereocenters. The molecule has 9 heteroatoms. The summed E-state index contributed by atoms with van der Waals surface area (Å²) in [6.07, 6.45) is 0. The van der Waals surface area contributed by atoms with Crippen molar-refractivity contribution in [3.63, 3.8) is 0 Å². The van der Waals surface area contributed by atoms with Crippen molar-refractivity contribution >= 4 is 44.8 Å². The summed E-state index contributed by atoms with van der Waals surface area (Å²) in [7, 11) is -3.91. The van der Waals surface area contributed by atoms with Gasteiger partial charge in [0.25, 0.3) is 15.9 Å². The first-order valence-corrected chi connectivity index (χ1v) is 8.16. The van der Waals surface area contributed by atoms with Crippen LogP contribution in [0.5, 0.6) is 0 Å². The summed E-state index contributed by atoms with van der Waals surface area (Å²) in [5, 5.41) is 0.543. The Morgan fingerprint density at radius 1 is 1.09 bits per heavy atom. The number of rotatable bonds is 4. The monoisotopic (exact) mass is 359 g/mol. The van der Waals surface area contributed by atoms with Crippen LogP contribution in [0.25, 0.3) is 0 Å². The van der Waals surface area contributed by atoms with E-state index in [0.717, 1.165) is 0 Å². The minimum Gasteiger partial charge on any atom is -0.290 e. The Morgan fingerprint density at radius 2 is 1.82 bits per heavy atom. The van der Waals surface area contributed by atoms with Crippen LogP contribution in [0.3, 0.4) is 0 Å². The van der Waals surface area contributed by atoms with Crippen molar-refractivity contribution in [1.82, 2.24) is 5.43 Å². The van der Waals surface area contributed by atoms with Crippen LogP contribution >= 0.6 is 23.2 Å². The number of nitrogen functional groups attached to an aromatic ring is 1. The fourth-order valence-electron chi connectivity index (χ4n) is 1.66. The summed E-state index contributed by atoms with van der Waals surface area (Å²) in [6.45, 7) is 0. The van der Waals surface area contributed by atoms with Crippen molar-refractivity contribution in [2.24, 2.45) is 5.84 Å². The number of hydrogen-bond acceptors (Lipinski definition) is 4. The number of amides is 1. The molecule has 22 heavy (non-hydrogen) atoms. The lowest BCUT2D eigenvalue weighted by atomic mass is 10.2. The molecule has 0 unspecified atom stereocenters. The van der Waals surface area contributed by atoms with Crippen molar-refractivity contribution in [3.05, 3.63) is 58.1 Å². The Labute approximate surface area is 137 Å². The highest BCUT2D eigenvalue weighted by atomic mass is 35.5. The summed E-state index contributed by atoms with van der Waals surface area (Å²) >= 11 is 11.7. The topological polar surface area (TPSA) is 101 Å². The standard InChI is InChI=1S/C13H11Cl2N3O3S/c14-9-4-5-12(11(15)7-9)18-22(20,21)10-3-1-2-8(6-10)13(19)17-16/h1-7,18H,16H2,(H,17,19). The van der Waals surface area contributed by atoms with Gasteiger partial charge in [0.05, 0.1) is 15.6 Å².